The minimum Gasteiger partial charge on any atom is -0.386 e. The van der Waals surface area contributed by atoms with Crippen LogP contribution in [-0.2, 0) is 11.0 Å². The largest absolute Gasteiger partial charge is 0.417 e. The average Bonchev–Trinajstić information content (AvgIpc) is 3.26. The van der Waals surface area contributed by atoms with Gasteiger partial charge in [0.15, 0.2) is 5.13 Å². The highest BCUT2D eigenvalue weighted by atomic mass is 32.1. The van der Waals surface area contributed by atoms with Crippen LogP contribution in [0.4, 0.5) is 24.1 Å². The van der Waals surface area contributed by atoms with Crippen LogP contribution in [0.1, 0.15) is 29.3 Å². The number of hydrogen-bond acceptors (Lipinski definition) is 8. The molecule has 4 heterocycles. The van der Waals surface area contributed by atoms with E-state index in [4.69, 9.17) is 0 Å². The van der Waals surface area contributed by atoms with Gasteiger partial charge in [0.05, 0.1) is 27.7 Å². The number of hydrogen-bond donors (Lipinski definition) is 2. The van der Waals surface area contributed by atoms with Crippen molar-refractivity contribution >= 4 is 39.5 Å². The van der Waals surface area contributed by atoms with Crippen molar-refractivity contribution in [1.29, 1.82) is 0 Å². The molecule has 0 aliphatic carbocycles. The van der Waals surface area contributed by atoms with Gasteiger partial charge in [-0.15, -0.1) is 22.7 Å². The summed E-state index contributed by atoms with van der Waals surface area (Å²) in [4.78, 5) is 27.7. The lowest BCUT2D eigenvalue weighted by atomic mass is 9.99. The predicted octanol–water partition coefficient (Wildman–Crippen LogP) is 4.12. The second kappa shape index (κ2) is 8.17. The highest BCUT2D eigenvalue weighted by molar-refractivity contribution is 7.17. The van der Waals surface area contributed by atoms with E-state index in [0.29, 0.717) is 34.7 Å². The number of halogens is 3. The summed E-state index contributed by atoms with van der Waals surface area (Å²) in [7, 11) is 0. The molecule has 7 nitrogen and oxygen atoms in total. The number of anilines is 2. The number of nitrogens with zero attached hydrogens (tertiary/aromatic N) is 4. The van der Waals surface area contributed by atoms with Crippen molar-refractivity contribution in [3.63, 3.8) is 0 Å². The molecule has 1 aliphatic heterocycles. The molecule has 1 unspecified atom stereocenters. The van der Waals surface area contributed by atoms with Crippen molar-refractivity contribution in [3.8, 4) is 10.6 Å². The molecule has 0 saturated carbocycles. The molecule has 164 valence electrons. The number of carbonyl (C=O) groups is 1. The van der Waals surface area contributed by atoms with Gasteiger partial charge in [-0.1, -0.05) is 0 Å². The summed E-state index contributed by atoms with van der Waals surface area (Å²) in [6, 6.07) is 2.29. The van der Waals surface area contributed by atoms with Crippen molar-refractivity contribution in [1.82, 2.24) is 15.0 Å². The maximum absolute atomic E-state index is 12.6. The molecule has 2 N–H and O–H groups in total. The Labute approximate surface area is 183 Å². The van der Waals surface area contributed by atoms with Gasteiger partial charge in [-0.2, -0.15) is 13.2 Å². The highest BCUT2D eigenvalue weighted by Gasteiger charge is 2.35. The van der Waals surface area contributed by atoms with Crippen LogP contribution in [0, 0.1) is 12.8 Å². The Morgan fingerprint density at radius 3 is 2.65 bits per heavy atom. The summed E-state index contributed by atoms with van der Waals surface area (Å²) >= 11 is 2.65. The Bertz CT molecular complexity index is 1090. The molecule has 1 amide bonds. The average molecular weight is 470 g/mol. The molecule has 1 fully saturated rings. The first-order valence-corrected chi connectivity index (χ1v) is 11.0. The molecule has 3 aromatic rings. The van der Waals surface area contributed by atoms with Gasteiger partial charge in [0.1, 0.15) is 16.9 Å². The molecule has 1 aliphatic rings. The van der Waals surface area contributed by atoms with E-state index >= 15 is 0 Å². The molecule has 0 spiro atoms. The molecule has 1 atom stereocenters. The van der Waals surface area contributed by atoms with Gasteiger partial charge >= 0.3 is 6.18 Å². The topological polar surface area (TPSA) is 91.2 Å². The third-order valence-electron chi connectivity index (χ3n) is 4.79. The summed E-state index contributed by atoms with van der Waals surface area (Å²) in [5, 5.41) is 15.4. The van der Waals surface area contributed by atoms with Crippen LogP contribution in [-0.4, -0.2) is 39.1 Å². The number of aliphatic hydroxyl groups excluding tert-OH is 1. The van der Waals surface area contributed by atoms with Crippen LogP contribution in [0.2, 0.25) is 0 Å². The molecular weight excluding hydrogens is 451 g/mol. The predicted molar refractivity (Wildman–Crippen MR) is 112 cm³/mol. The van der Waals surface area contributed by atoms with Gasteiger partial charge in [-0.25, -0.2) is 15.0 Å². The SMILES string of the molecule is Cc1nc(C(C)O)sc1-c1csc(NC(=O)C2CN(c3ccc(C(F)(F)F)cn3)C2)n1. The highest BCUT2D eigenvalue weighted by Crippen LogP contribution is 2.35. The number of alkyl halides is 3. The smallest absolute Gasteiger partial charge is 0.386 e. The molecule has 0 radical (unpaired) electrons. The summed E-state index contributed by atoms with van der Waals surface area (Å²) in [6.45, 7) is 4.23. The van der Waals surface area contributed by atoms with E-state index < -0.39 is 17.8 Å². The first-order valence-electron chi connectivity index (χ1n) is 9.32. The Morgan fingerprint density at radius 2 is 2.06 bits per heavy atom. The quantitative estimate of drug-likeness (QED) is 0.584. The van der Waals surface area contributed by atoms with Crippen LogP contribution >= 0.6 is 22.7 Å². The first kappa shape index (κ1) is 21.7. The van der Waals surface area contributed by atoms with Crippen LogP contribution in [0.5, 0.6) is 0 Å². The number of nitrogens with one attached hydrogen (secondary N) is 1. The fraction of sp³-hybridized carbons (Fsp3) is 0.368. The van der Waals surface area contributed by atoms with E-state index in [2.05, 4.69) is 20.3 Å². The second-order valence-corrected chi connectivity index (χ2v) is 9.06. The Balaban J connectivity index is 1.34. The number of carbonyl (C=O) groups excluding carboxylic acids is 1. The molecule has 4 rings (SSSR count). The van der Waals surface area contributed by atoms with Crippen LogP contribution in [0.25, 0.3) is 10.6 Å². The Morgan fingerprint density at radius 1 is 1.32 bits per heavy atom. The van der Waals surface area contributed by atoms with Crippen molar-refractivity contribution in [2.24, 2.45) is 5.92 Å². The van der Waals surface area contributed by atoms with Gasteiger partial charge in [-0.3, -0.25) is 4.79 Å². The number of pyridine rings is 1. The number of rotatable bonds is 5. The summed E-state index contributed by atoms with van der Waals surface area (Å²) in [5.74, 6) is -0.0960. The zero-order chi connectivity index (χ0) is 22.3. The summed E-state index contributed by atoms with van der Waals surface area (Å²) < 4.78 is 37.9. The van der Waals surface area contributed by atoms with Gasteiger partial charge in [0.2, 0.25) is 5.91 Å². The second-order valence-electron chi connectivity index (χ2n) is 7.17. The minimum absolute atomic E-state index is 0.199. The van der Waals surface area contributed by atoms with E-state index in [1.54, 1.807) is 11.8 Å². The number of amides is 1. The van der Waals surface area contributed by atoms with Gasteiger partial charge < -0.3 is 15.3 Å². The minimum atomic E-state index is -4.43. The third-order valence-corrected chi connectivity index (χ3v) is 6.90. The van der Waals surface area contributed by atoms with Gasteiger partial charge in [0, 0.05) is 24.7 Å². The van der Waals surface area contributed by atoms with Crippen LogP contribution in [0.3, 0.4) is 0 Å². The maximum atomic E-state index is 12.6. The zero-order valence-corrected chi connectivity index (χ0v) is 18.1. The molecule has 0 bridgehead atoms. The lowest BCUT2D eigenvalue weighted by Gasteiger charge is -2.38. The third kappa shape index (κ3) is 4.55. The number of aliphatic hydroxyl groups is 1. The molecule has 1 saturated heterocycles. The molecule has 3 aromatic heterocycles. The Kier molecular flexibility index (Phi) is 5.71. The number of aromatic nitrogens is 3. The summed E-state index contributed by atoms with van der Waals surface area (Å²) in [6.07, 6.45) is -4.29. The zero-order valence-electron chi connectivity index (χ0n) is 16.5. The van der Waals surface area contributed by atoms with Gasteiger partial charge in [-0.05, 0) is 26.0 Å². The van der Waals surface area contributed by atoms with Gasteiger partial charge in [0.25, 0.3) is 0 Å². The Hall–Kier alpha value is -2.57. The maximum Gasteiger partial charge on any atom is 0.417 e. The number of thiazole rings is 2. The fourth-order valence-electron chi connectivity index (χ4n) is 3.05. The summed E-state index contributed by atoms with van der Waals surface area (Å²) in [5.41, 5.74) is 0.650. The van der Waals surface area contributed by atoms with E-state index in [-0.39, 0.29) is 11.8 Å². The lowest BCUT2D eigenvalue weighted by Crippen LogP contribution is -2.52. The van der Waals surface area contributed by atoms with E-state index in [9.17, 15) is 23.1 Å². The van der Waals surface area contributed by atoms with E-state index in [1.165, 1.54) is 28.7 Å². The van der Waals surface area contributed by atoms with Crippen LogP contribution in [0.15, 0.2) is 23.7 Å². The molecule has 12 heteroatoms. The monoisotopic (exact) mass is 469 g/mol. The molecular formula is C19H18F3N5O2S2. The molecule has 0 aromatic carbocycles. The fourth-order valence-corrected chi connectivity index (χ4v) is 4.79. The van der Waals surface area contributed by atoms with E-state index in [0.717, 1.165) is 22.8 Å². The van der Waals surface area contributed by atoms with Crippen molar-refractivity contribution in [3.05, 3.63) is 40.0 Å². The van der Waals surface area contributed by atoms with Crippen LogP contribution < -0.4 is 10.2 Å². The lowest BCUT2D eigenvalue weighted by molar-refractivity contribution is -0.137. The van der Waals surface area contributed by atoms with Crippen molar-refractivity contribution in [2.45, 2.75) is 26.1 Å². The molecule has 31 heavy (non-hydrogen) atoms. The van der Waals surface area contributed by atoms with Crippen molar-refractivity contribution in [2.75, 3.05) is 23.3 Å². The number of aryl methyl sites for hydroxylation is 1. The standard InChI is InChI=1S/C19H18F3N5O2S2/c1-9-15(31-17(24-9)10(2)28)13-8-30-18(25-13)26-16(29)11-6-27(7-11)14-4-3-12(5-23-14)19(20,21)22/h3-5,8,10-11,28H,6-7H2,1-2H3,(H,25,26,29). The normalized spacial score (nSPS) is 15.6. The first-order chi connectivity index (χ1) is 14.6. The van der Waals surface area contributed by atoms with Crippen molar-refractivity contribution < 1.29 is 23.1 Å². The van der Waals surface area contributed by atoms with E-state index in [1.807, 2.05) is 12.3 Å².